The van der Waals surface area contributed by atoms with Crippen LogP contribution >= 0.6 is 0 Å². The van der Waals surface area contributed by atoms with Crippen LogP contribution in [0, 0.1) is 11.3 Å². The molecule has 0 aliphatic heterocycles. The molecule has 0 aromatic heterocycles. The van der Waals surface area contributed by atoms with Crippen molar-refractivity contribution in [3.63, 3.8) is 0 Å². The van der Waals surface area contributed by atoms with Gasteiger partial charge in [-0.2, -0.15) is 5.26 Å². The second-order valence-corrected chi connectivity index (χ2v) is 4.06. The molecule has 0 bridgehead atoms. The van der Waals surface area contributed by atoms with Crippen LogP contribution in [-0.4, -0.2) is 19.0 Å². The number of rotatable bonds is 2. The van der Waals surface area contributed by atoms with Crippen molar-refractivity contribution in [1.29, 1.82) is 5.26 Å². The van der Waals surface area contributed by atoms with Crippen LogP contribution in [-0.2, 0) is 0 Å². The van der Waals surface area contributed by atoms with Gasteiger partial charge in [-0.15, -0.1) is 0 Å². The van der Waals surface area contributed by atoms with E-state index in [0.717, 1.165) is 10.9 Å². The third kappa shape index (κ3) is 1.78. The van der Waals surface area contributed by atoms with Crippen molar-refractivity contribution in [2.45, 2.75) is 6.04 Å². The zero-order valence-corrected chi connectivity index (χ0v) is 9.51. The van der Waals surface area contributed by atoms with Gasteiger partial charge in [-0.1, -0.05) is 42.5 Å². The van der Waals surface area contributed by atoms with Gasteiger partial charge in [0.15, 0.2) is 0 Å². The van der Waals surface area contributed by atoms with Gasteiger partial charge in [0, 0.05) is 0 Å². The fourth-order valence-corrected chi connectivity index (χ4v) is 1.95. The molecule has 2 nitrogen and oxygen atoms in total. The van der Waals surface area contributed by atoms with E-state index in [-0.39, 0.29) is 6.04 Å². The summed E-state index contributed by atoms with van der Waals surface area (Å²) >= 11 is 0. The molecule has 0 heterocycles. The molecule has 0 radical (unpaired) electrons. The zero-order chi connectivity index (χ0) is 11.5. The van der Waals surface area contributed by atoms with Crippen molar-refractivity contribution in [3.05, 3.63) is 48.0 Å². The van der Waals surface area contributed by atoms with Crippen LogP contribution in [0.15, 0.2) is 42.5 Å². The Kier molecular flexibility index (Phi) is 2.89. The van der Waals surface area contributed by atoms with Gasteiger partial charge < -0.3 is 0 Å². The number of nitrogens with zero attached hydrogens (tertiary/aromatic N) is 2. The molecule has 2 heteroatoms. The Morgan fingerprint density at radius 3 is 2.44 bits per heavy atom. The molecule has 2 rings (SSSR count). The Labute approximate surface area is 95.7 Å². The van der Waals surface area contributed by atoms with E-state index in [1.54, 1.807) is 0 Å². The van der Waals surface area contributed by atoms with Gasteiger partial charge in [0.25, 0.3) is 0 Å². The molecule has 0 N–H and O–H groups in total. The normalized spacial score (nSPS) is 12.6. The van der Waals surface area contributed by atoms with Crippen LogP contribution in [0.4, 0.5) is 0 Å². The molecule has 2 aromatic rings. The number of hydrogen-bond donors (Lipinski definition) is 0. The summed E-state index contributed by atoms with van der Waals surface area (Å²) < 4.78 is 0. The molecule has 1 atom stereocenters. The lowest BCUT2D eigenvalue weighted by Crippen LogP contribution is -2.18. The van der Waals surface area contributed by atoms with Crippen LogP contribution in [0.5, 0.6) is 0 Å². The van der Waals surface area contributed by atoms with Gasteiger partial charge in [-0.3, -0.25) is 4.90 Å². The van der Waals surface area contributed by atoms with Gasteiger partial charge in [-0.25, -0.2) is 0 Å². The maximum absolute atomic E-state index is 9.22. The van der Waals surface area contributed by atoms with Crippen molar-refractivity contribution in [2.24, 2.45) is 0 Å². The molecule has 0 amide bonds. The monoisotopic (exact) mass is 210 g/mol. The third-order valence-corrected chi connectivity index (χ3v) is 2.76. The lowest BCUT2D eigenvalue weighted by molar-refractivity contribution is 0.360. The maximum Gasteiger partial charge on any atom is 0.123 e. The molecule has 0 aliphatic rings. The van der Waals surface area contributed by atoms with Crippen LogP contribution in [0.3, 0.4) is 0 Å². The zero-order valence-electron chi connectivity index (χ0n) is 9.51. The van der Waals surface area contributed by atoms with E-state index in [4.69, 9.17) is 0 Å². The number of fused-ring (bicyclic) bond motifs is 1. The number of hydrogen-bond acceptors (Lipinski definition) is 2. The Morgan fingerprint density at radius 2 is 1.75 bits per heavy atom. The lowest BCUT2D eigenvalue weighted by Gasteiger charge is -2.19. The SMILES string of the molecule is CN(C)C(C#N)c1cccc2ccccc12. The Hall–Kier alpha value is -1.85. The van der Waals surface area contributed by atoms with E-state index < -0.39 is 0 Å². The molecular formula is C14H14N2. The minimum atomic E-state index is -0.189. The fourth-order valence-electron chi connectivity index (χ4n) is 1.95. The standard InChI is InChI=1S/C14H14N2/c1-16(2)14(10-15)13-9-5-7-11-6-3-4-8-12(11)13/h3-9,14H,1-2H3. The van der Waals surface area contributed by atoms with Crippen molar-refractivity contribution in [3.8, 4) is 6.07 Å². The first kappa shape index (κ1) is 10.7. The number of benzene rings is 2. The van der Waals surface area contributed by atoms with E-state index in [1.807, 2.05) is 43.3 Å². The largest absolute Gasteiger partial charge is 0.291 e. The minimum Gasteiger partial charge on any atom is -0.291 e. The molecular weight excluding hydrogens is 196 g/mol. The predicted octanol–water partition coefficient (Wildman–Crippen LogP) is 2.97. The average molecular weight is 210 g/mol. The van der Waals surface area contributed by atoms with Crippen LogP contribution < -0.4 is 0 Å². The van der Waals surface area contributed by atoms with E-state index in [9.17, 15) is 5.26 Å². The average Bonchev–Trinajstić information content (AvgIpc) is 2.30. The number of nitriles is 1. The van der Waals surface area contributed by atoms with Crippen molar-refractivity contribution in [2.75, 3.05) is 14.1 Å². The van der Waals surface area contributed by atoms with E-state index in [2.05, 4.69) is 24.3 Å². The molecule has 0 fully saturated rings. The van der Waals surface area contributed by atoms with Gasteiger partial charge in [0.05, 0.1) is 6.07 Å². The first-order chi connectivity index (χ1) is 7.74. The Bertz CT molecular complexity index is 532. The topological polar surface area (TPSA) is 27.0 Å². The predicted molar refractivity (Wildman–Crippen MR) is 66.0 cm³/mol. The molecule has 0 aliphatic carbocycles. The highest BCUT2D eigenvalue weighted by Gasteiger charge is 2.14. The van der Waals surface area contributed by atoms with Crippen LogP contribution in [0.1, 0.15) is 11.6 Å². The second-order valence-electron chi connectivity index (χ2n) is 4.06. The third-order valence-electron chi connectivity index (χ3n) is 2.76. The van der Waals surface area contributed by atoms with Crippen molar-refractivity contribution < 1.29 is 0 Å². The second kappa shape index (κ2) is 4.34. The molecule has 0 spiro atoms. The summed E-state index contributed by atoms with van der Waals surface area (Å²) in [5, 5.41) is 11.6. The van der Waals surface area contributed by atoms with Gasteiger partial charge in [0.2, 0.25) is 0 Å². The lowest BCUT2D eigenvalue weighted by atomic mass is 9.99. The Morgan fingerprint density at radius 1 is 1.06 bits per heavy atom. The molecule has 0 saturated carbocycles. The minimum absolute atomic E-state index is 0.189. The molecule has 0 saturated heterocycles. The van der Waals surface area contributed by atoms with Crippen LogP contribution in [0.2, 0.25) is 0 Å². The van der Waals surface area contributed by atoms with Gasteiger partial charge >= 0.3 is 0 Å². The van der Waals surface area contributed by atoms with Crippen molar-refractivity contribution in [1.82, 2.24) is 4.90 Å². The van der Waals surface area contributed by atoms with Crippen LogP contribution in [0.25, 0.3) is 10.8 Å². The first-order valence-electron chi connectivity index (χ1n) is 5.27. The summed E-state index contributed by atoms with van der Waals surface area (Å²) in [4.78, 5) is 1.93. The summed E-state index contributed by atoms with van der Waals surface area (Å²) in [7, 11) is 3.85. The summed E-state index contributed by atoms with van der Waals surface area (Å²) in [5.41, 5.74) is 1.07. The summed E-state index contributed by atoms with van der Waals surface area (Å²) in [6, 6.07) is 16.4. The smallest absolute Gasteiger partial charge is 0.123 e. The van der Waals surface area contributed by atoms with E-state index in [1.165, 1.54) is 5.39 Å². The van der Waals surface area contributed by atoms with Crippen molar-refractivity contribution >= 4 is 10.8 Å². The van der Waals surface area contributed by atoms with E-state index in [0.29, 0.717) is 0 Å². The maximum atomic E-state index is 9.22. The highest BCUT2D eigenvalue weighted by Crippen LogP contribution is 2.26. The van der Waals surface area contributed by atoms with Gasteiger partial charge in [-0.05, 0) is 30.4 Å². The highest BCUT2D eigenvalue weighted by molar-refractivity contribution is 5.86. The van der Waals surface area contributed by atoms with Gasteiger partial charge in [0.1, 0.15) is 6.04 Å². The summed E-state index contributed by atoms with van der Waals surface area (Å²) in [5.74, 6) is 0. The Balaban J connectivity index is 2.65. The molecule has 2 aromatic carbocycles. The summed E-state index contributed by atoms with van der Waals surface area (Å²) in [6.45, 7) is 0. The van der Waals surface area contributed by atoms with E-state index >= 15 is 0 Å². The molecule has 16 heavy (non-hydrogen) atoms. The summed E-state index contributed by atoms with van der Waals surface area (Å²) in [6.07, 6.45) is 0. The highest BCUT2D eigenvalue weighted by atomic mass is 15.1. The quantitative estimate of drug-likeness (QED) is 0.762. The molecule has 80 valence electrons. The first-order valence-corrected chi connectivity index (χ1v) is 5.27. The molecule has 1 unspecified atom stereocenters. The fraction of sp³-hybridized carbons (Fsp3) is 0.214.